The second kappa shape index (κ2) is 9.16. The fourth-order valence-corrected chi connectivity index (χ4v) is 3.32. The average Bonchev–Trinajstić information content (AvgIpc) is 3.05. The molecule has 138 valence electrons. The molecule has 0 bridgehead atoms. The Morgan fingerprint density at radius 3 is 2.40 bits per heavy atom. The number of oxazole rings is 1. The monoisotopic (exact) mass is 343 g/mol. The van der Waals surface area contributed by atoms with E-state index in [1.165, 1.54) is 5.56 Å². The maximum absolute atomic E-state index is 5.61. The molecule has 0 spiro atoms. The Hall–Kier alpha value is -1.65. The summed E-state index contributed by atoms with van der Waals surface area (Å²) >= 11 is 0. The predicted octanol–water partition coefficient (Wildman–Crippen LogP) is 4.01. The van der Waals surface area contributed by atoms with E-state index in [9.17, 15) is 0 Å². The Balaban J connectivity index is 1.99. The molecule has 1 N–H and O–H groups in total. The van der Waals surface area contributed by atoms with Gasteiger partial charge in [0.2, 0.25) is 0 Å². The van der Waals surface area contributed by atoms with Crippen LogP contribution in [0.4, 0.5) is 0 Å². The van der Waals surface area contributed by atoms with Crippen LogP contribution in [-0.4, -0.2) is 35.6 Å². The van der Waals surface area contributed by atoms with Crippen molar-refractivity contribution in [3.63, 3.8) is 0 Å². The number of nitrogens with one attached hydrogen (secondary N) is 1. The second-order valence-corrected chi connectivity index (χ2v) is 7.57. The van der Waals surface area contributed by atoms with Crippen LogP contribution in [0.2, 0.25) is 0 Å². The summed E-state index contributed by atoms with van der Waals surface area (Å²) in [5, 5.41) is 3.61. The lowest BCUT2D eigenvalue weighted by molar-refractivity contribution is 0.209. The van der Waals surface area contributed by atoms with Gasteiger partial charge in [-0.25, -0.2) is 4.98 Å². The van der Waals surface area contributed by atoms with Gasteiger partial charge in [-0.3, -0.25) is 4.90 Å². The van der Waals surface area contributed by atoms with Crippen molar-refractivity contribution in [2.45, 2.75) is 59.0 Å². The highest BCUT2D eigenvalue weighted by molar-refractivity contribution is 5.17. The molecule has 4 nitrogen and oxygen atoms in total. The molecule has 1 aromatic heterocycles. The van der Waals surface area contributed by atoms with Crippen molar-refractivity contribution in [2.24, 2.45) is 0 Å². The van der Waals surface area contributed by atoms with Crippen molar-refractivity contribution >= 4 is 0 Å². The first-order valence-electron chi connectivity index (χ1n) is 9.37. The average molecular weight is 344 g/mol. The van der Waals surface area contributed by atoms with Gasteiger partial charge in [-0.15, -0.1) is 0 Å². The third kappa shape index (κ3) is 5.68. The molecule has 25 heavy (non-hydrogen) atoms. The molecule has 1 unspecified atom stereocenters. The van der Waals surface area contributed by atoms with Gasteiger partial charge in [0.1, 0.15) is 5.76 Å². The summed E-state index contributed by atoms with van der Waals surface area (Å²) in [4.78, 5) is 6.93. The highest BCUT2D eigenvalue weighted by Gasteiger charge is 2.23. The van der Waals surface area contributed by atoms with Gasteiger partial charge in [-0.1, -0.05) is 65.0 Å². The largest absolute Gasteiger partial charge is 0.448 e. The number of likely N-dealkylation sites (N-methyl/N-ethyl adjacent to an activating group) is 1. The van der Waals surface area contributed by atoms with Crippen LogP contribution in [0.15, 0.2) is 41.1 Å². The standard InChI is InChI=1S/C21H33N3O/c1-6-24(7-2)18(13-17-11-9-8-10-12-17)14-22-15-19-20(21(3,4)5)25-16-23-19/h8-12,16,18,22H,6-7,13-15H2,1-5H3. The van der Waals surface area contributed by atoms with E-state index in [0.717, 1.165) is 44.1 Å². The molecule has 0 saturated heterocycles. The fraction of sp³-hybridized carbons (Fsp3) is 0.571. The molecule has 1 atom stereocenters. The zero-order valence-corrected chi connectivity index (χ0v) is 16.4. The zero-order valence-electron chi connectivity index (χ0n) is 16.4. The Bertz CT molecular complexity index is 612. The van der Waals surface area contributed by atoms with Crippen LogP contribution in [0.3, 0.4) is 0 Å². The van der Waals surface area contributed by atoms with E-state index in [4.69, 9.17) is 4.42 Å². The molecule has 0 aliphatic rings. The Kier molecular flexibility index (Phi) is 7.21. The van der Waals surface area contributed by atoms with Gasteiger partial charge in [0.05, 0.1) is 5.69 Å². The minimum absolute atomic E-state index is 0.0180. The Morgan fingerprint density at radius 2 is 1.80 bits per heavy atom. The number of benzene rings is 1. The summed E-state index contributed by atoms with van der Waals surface area (Å²) < 4.78 is 5.61. The van der Waals surface area contributed by atoms with Gasteiger partial charge in [-0.2, -0.15) is 0 Å². The molecule has 0 amide bonds. The van der Waals surface area contributed by atoms with Gasteiger partial charge in [-0.05, 0) is 25.1 Å². The van der Waals surface area contributed by atoms with E-state index in [0.29, 0.717) is 6.04 Å². The quantitative estimate of drug-likeness (QED) is 0.747. The maximum Gasteiger partial charge on any atom is 0.181 e. The lowest BCUT2D eigenvalue weighted by Gasteiger charge is -2.30. The number of nitrogens with zero attached hydrogens (tertiary/aromatic N) is 2. The van der Waals surface area contributed by atoms with E-state index in [1.54, 1.807) is 6.39 Å². The number of rotatable bonds is 9. The van der Waals surface area contributed by atoms with Crippen molar-refractivity contribution in [3.8, 4) is 0 Å². The second-order valence-electron chi connectivity index (χ2n) is 7.57. The lowest BCUT2D eigenvalue weighted by atomic mass is 9.92. The normalized spacial score (nSPS) is 13.4. The topological polar surface area (TPSA) is 41.3 Å². The van der Waals surface area contributed by atoms with Crippen molar-refractivity contribution in [3.05, 3.63) is 53.7 Å². The minimum Gasteiger partial charge on any atom is -0.448 e. The van der Waals surface area contributed by atoms with Gasteiger partial charge in [0.25, 0.3) is 0 Å². The number of hydrogen-bond donors (Lipinski definition) is 1. The highest BCUT2D eigenvalue weighted by Crippen LogP contribution is 2.25. The first-order chi connectivity index (χ1) is 12.0. The summed E-state index contributed by atoms with van der Waals surface area (Å²) in [6.07, 6.45) is 2.61. The van der Waals surface area contributed by atoms with Crippen LogP contribution in [-0.2, 0) is 18.4 Å². The van der Waals surface area contributed by atoms with Crippen LogP contribution in [0.5, 0.6) is 0 Å². The molecular weight excluding hydrogens is 310 g/mol. The van der Waals surface area contributed by atoms with Crippen LogP contribution >= 0.6 is 0 Å². The molecule has 0 saturated carbocycles. The SMILES string of the molecule is CCN(CC)C(CNCc1ncoc1C(C)(C)C)Cc1ccccc1. The number of aromatic nitrogens is 1. The molecule has 0 fully saturated rings. The van der Waals surface area contributed by atoms with Gasteiger partial charge >= 0.3 is 0 Å². The molecule has 0 aliphatic heterocycles. The summed E-state index contributed by atoms with van der Waals surface area (Å²) in [6, 6.07) is 11.2. The van der Waals surface area contributed by atoms with Crippen LogP contribution < -0.4 is 5.32 Å². The van der Waals surface area contributed by atoms with Crippen LogP contribution in [0, 0.1) is 0 Å². The van der Waals surface area contributed by atoms with E-state index in [1.807, 2.05) is 0 Å². The van der Waals surface area contributed by atoms with Crippen molar-refractivity contribution < 1.29 is 4.42 Å². The third-order valence-corrected chi connectivity index (χ3v) is 4.64. The molecule has 1 heterocycles. The first kappa shape index (κ1) is 19.7. The van der Waals surface area contributed by atoms with Gasteiger partial charge < -0.3 is 9.73 Å². The van der Waals surface area contributed by atoms with E-state index >= 15 is 0 Å². The summed E-state index contributed by atoms with van der Waals surface area (Å²) in [5.74, 6) is 0.974. The molecule has 1 aromatic carbocycles. The Labute approximate surface area is 152 Å². The summed E-state index contributed by atoms with van der Waals surface area (Å²) in [5.41, 5.74) is 2.39. The van der Waals surface area contributed by atoms with E-state index in [2.05, 4.69) is 80.2 Å². The van der Waals surface area contributed by atoms with Crippen molar-refractivity contribution in [1.29, 1.82) is 0 Å². The lowest BCUT2D eigenvalue weighted by Crippen LogP contribution is -2.43. The smallest absolute Gasteiger partial charge is 0.181 e. The fourth-order valence-electron chi connectivity index (χ4n) is 3.32. The predicted molar refractivity (Wildman–Crippen MR) is 104 cm³/mol. The molecule has 0 radical (unpaired) electrons. The minimum atomic E-state index is -0.0180. The van der Waals surface area contributed by atoms with E-state index in [-0.39, 0.29) is 5.41 Å². The van der Waals surface area contributed by atoms with Gasteiger partial charge in [0, 0.05) is 24.5 Å². The Morgan fingerprint density at radius 1 is 1.12 bits per heavy atom. The third-order valence-electron chi connectivity index (χ3n) is 4.64. The van der Waals surface area contributed by atoms with Crippen LogP contribution in [0.25, 0.3) is 0 Å². The number of hydrogen-bond acceptors (Lipinski definition) is 4. The zero-order chi connectivity index (χ0) is 18.3. The first-order valence-corrected chi connectivity index (χ1v) is 9.37. The van der Waals surface area contributed by atoms with Crippen molar-refractivity contribution in [2.75, 3.05) is 19.6 Å². The molecule has 2 rings (SSSR count). The van der Waals surface area contributed by atoms with Crippen LogP contribution in [0.1, 0.15) is 51.6 Å². The highest BCUT2D eigenvalue weighted by atomic mass is 16.3. The molecule has 2 aromatic rings. The maximum atomic E-state index is 5.61. The van der Waals surface area contributed by atoms with Gasteiger partial charge in [0.15, 0.2) is 6.39 Å². The summed E-state index contributed by atoms with van der Waals surface area (Å²) in [7, 11) is 0. The summed E-state index contributed by atoms with van der Waals surface area (Å²) in [6.45, 7) is 14.7. The van der Waals surface area contributed by atoms with Crippen molar-refractivity contribution in [1.82, 2.24) is 15.2 Å². The van der Waals surface area contributed by atoms with E-state index < -0.39 is 0 Å². The molecule has 0 aliphatic carbocycles. The molecular formula is C21H33N3O. The molecule has 4 heteroatoms.